The van der Waals surface area contributed by atoms with Crippen molar-refractivity contribution in [2.24, 2.45) is 0 Å². The molecule has 2 atom stereocenters. The molecule has 0 fully saturated rings. The molecule has 0 bridgehead atoms. The molecule has 7 aromatic carbocycles. The Bertz CT molecular complexity index is 3040. The molecule has 9 aromatic rings. The minimum atomic E-state index is -0.312. The summed E-state index contributed by atoms with van der Waals surface area (Å²) in [5, 5.41) is 4.95. The molecule has 0 saturated heterocycles. The molecule has 11 rings (SSSR count). The van der Waals surface area contributed by atoms with Crippen molar-refractivity contribution in [3.8, 4) is 16.8 Å². The molecule has 3 heterocycles. The zero-order valence-corrected chi connectivity index (χ0v) is 28.7. The fourth-order valence-electron chi connectivity index (χ4n) is 8.73. The lowest BCUT2D eigenvalue weighted by molar-refractivity contribution is 0.569. The third kappa shape index (κ3) is 4.59. The van der Waals surface area contributed by atoms with Crippen molar-refractivity contribution in [3.63, 3.8) is 0 Å². The van der Waals surface area contributed by atoms with Gasteiger partial charge < -0.3 is 13.9 Å². The van der Waals surface area contributed by atoms with Crippen LogP contribution in [-0.2, 0) is 0 Å². The van der Waals surface area contributed by atoms with Gasteiger partial charge in [0.1, 0.15) is 5.58 Å². The molecule has 53 heavy (non-hydrogen) atoms. The molecule has 0 spiro atoms. The lowest BCUT2D eigenvalue weighted by Gasteiger charge is -2.29. The Morgan fingerprint density at radius 2 is 1.17 bits per heavy atom. The monoisotopic (exact) mass is 680 g/mol. The van der Waals surface area contributed by atoms with Gasteiger partial charge in [-0.2, -0.15) is 0 Å². The molecule has 0 radical (unpaired) electrons. The first-order valence-corrected chi connectivity index (χ1v) is 18.1. The van der Waals surface area contributed by atoms with E-state index in [0.717, 1.165) is 27.6 Å². The molecular weight excluding hydrogens is 649 g/mol. The first-order chi connectivity index (χ1) is 26.2. The fraction of sp³-hybridized carbons (Fsp3) is 0.0408. The van der Waals surface area contributed by atoms with Crippen molar-refractivity contribution < 1.29 is 4.42 Å². The Morgan fingerprint density at radius 3 is 2.02 bits per heavy atom. The number of aromatic nitrogens is 1. The molecule has 0 N–H and O–H groups in total. The first-order valence-electron chi connectivity index (χ1n) is 18.1. The lowest BCUT2D eigenvalue weighted by Crippen LogP contribution is -2.28. The summed E-state index contributed by atoms with van der Waals surface area (Å²) in [7, 11) is 0. The molecule has 2 aromatic heterocycles. The van der Waals surface area contributed by atoms with Crippen molar-refractivity contribution in [1.29, 1.82) is 0 Å². The van der Waals surface area contributed by atoms with Gasteiger partial charge in [0.15, 0.2) is 0 Å². The van der Waals surface area contributed by atoms with E-state index < -0.39 is 0 Å². The number of fused-ring (bicyclic) bond motifs is 9. The fourth-order valence-corrected chi connectivity index (χ4v) is 8.73. The van der Waals surface area contributed by atoms with Crippen LogP contribution in [-0.4, -0.2) is 10.6 Å². The lowest BCUT2D eigenvalue weighted by atomic mass is 9.85. The minimum absolute atomic E-state index is 0.105. The summed E-state index contributed by atoms with van der Waals surface area (Å²) in [4.78, 5) is 15.6. The van der Waals surface area contributed by atoms with Gasteiger partial charge in [0.05, 0.1) is 22.5 Å². The Balaban J connectivity index is 1.06. The molecule has 2 aliphatic rings. The van der Waals surface area contributed by atoms with E-state index in [1.165, 1.54) is 49.9 Å². The molecule has 0 amide bonds. The SMILES string of the molecule is O=c1oc2ccccc2c2ccc(C3=CC4c5cc(-c6ccc7c8ccccc8n(-c8ccccc8)c7c6)ccc5N(c5ccccc5)C4C=C3)cc12. The quantitative estimate of drug-likeness (QED) is 0.137. The zero-order chi connectivity index (χ0) is 35.0. The van der Waals surface area contributed by atoms with Crippen molar-refractivity contribution >= 4 is 60.5 Å². The third-order valence-electron chi connectivity index (χ3n) is 11.2. The van der Waals surface area contributed by atoms with Gasteiger partial charge in [0.2, 0.25) is 0 Å². The number of anilines is 2. The molecule has 1 aliphatic heterocycles. The summed E-state index contributed by atoms with van der Waals surface area (Å²) < 4.78 is 8.10. The van der Waals surface area contributed by atoms with Gasteiger partial charge in [-0.1, -0.05) is 121 Å². The highest BCUT2D eigenvalue weighted by Gasteiger charge is 2.38. The maximum atomic E-state index is 13.2. The van der Waals surface area contributed by atoms with Gasteiger partial charge in [-0.25, -0.2) is 4.79 Å². The highest BCUT2D eigenvalue weighted by atomic mass is 16.4. The van der Waals surface area contributed by atoms with Crippen LogP contribution < -0.4 is 10.5 Å². The van der Waals surface area contributed by atoms with Gasteiger partial charge in [-0.15, -0.1) is 0 Å². The van der Waals surface area contributed by atoms with Crippen LogP contribution in [0.25, 0.3) is 65.9 Å². The van der Waals surface area contributed by atoms with E-state index in [-0.39, 0.29) is 17.6 Å². The van der Waals surface area contributed by atoms with Crippen molar-refractivity contribution in [3.05, 3.63) is 204 Å². The maximum absolute atomic E-state index is 13.2. The second-order valence-electron chi connectivity index (χ2n) is 14.0. The number of allylic oxidation sites excluding steroid dienone is 2. The van der Waals surface area contributed by atoms with E-state index in [1.54, 1.807) is 0 Å². The van der Waals surface area contributed by atoms with Crippen molar-refractivity contribution in [1.82, 2.24) is 4.57 Å². The first kappa shape index (κ1) is 29.8. The van der Waals surface area contributed by atoms with Crippen molar-refractivity contribution in [2.45, 2.75) is 12.0 Å². The molecule has 4 nitrogen and oxygen atoms in total. The maximum Gasteiger partial charge on any atom is 0.344 e. The second-order valence-corrected chi connectivity index (χ2v) is 14.0. The highest BCUT2D eigenvalue weighted by Crippen LogP contribution is 2.50. The Morgan fingerprint density at radius 1 is 0.509 bits per heavy atom. The molecule has 2 unspecified atom stereocenters. The van der Waals surface area contributed by atoms with Crippen LogP contribution in [0.5, 0.6) is 0 Å². The smallest absolute Gasteiger partial charge is 0.344 e. The number of para-hydroxylation sites is 4. The third-order valence-corrected chi connectivity index (χ3v) is 11.2. The van der Waals surface area contributed by atoms with Gasteiger partial charge in [0.25, 0.3) is 0 Å². The molecule has 1 aliphatic carbocycles. The van der Waals surface area contributed by atoms with Crippen LogP contribution in [0.3, 0.4) is 0 Å². The van der Waals surface area contributed by atoms with Crippen LogP contribution in [0.2, 0.25) is 0 Å². The van der Waals surface area contributed by atoms with Gasteiger partial charge in [-0.3, -0.25) is 0 Å². The van der Waals surface area contributed by atoms with Gasteiger partial charge >= 0.3 is 5.63 Å². The van der Waals surface area contributed by atoms with Crippen LogP contribution in [0.15, 0.2) is 191 Å². The second kappa shape index (κ2) is 11.6. The standard InChI is InChI=1S/C49H32N2O2/c52-49-43-29-31(19-23-37(43)40-16-8-10-18-48(40)53-49)32-21-25-45-41(27-32)42-28-33(22-26-46(42)50(45)35-11-3-1-4-12-35)34-20-24-39-38-15-7-9-17-44(38)51(47(39)30-34)36-13-5-2-6-14-36/h1-30,41,45H. The zero-order valence-electron chi connectivity index (χ0n) is 28.7. The number of benzene rings is 7. The molecular formula is C49H32N2O2. The summed E-state index contributed by atoms with van der Waals surface area (Å²) in [5.74, 6) is 0.105. The van der Waals surface area contributed by atoms with Crippen LogP contribution in [0.4, 0.5) is 11.4 Å². The summed E-state index contributed by atoms with van der Waals surface area (Å²) in [5.41, 5.74) is 12.0. The van der Waals surface area contributed by atoms with Crippen LogP contribution in [0, 0.1) is 0 Å². The largest absolute Gasteiger partial charge is 0.422 e. The summed E-state index contributed by atoms with van der Waals surface area (Å²) in [6.45, 7) is 0. The van der Waals surface area contributed by atoms with E-state index in [1.807, 2.05) is 30.3 Å². The predicted octanol–water partition coefficient (Wildman–Crippen LogP) is 12.0. The van der Waals surface area contributed by atoms with E-state index in [9.17, 15) is 4.79 Å². The van der Waals surface area contributed by atoms with E-state index in [4.69, 9.17) is 4.42 Å². The van der Waals surface area contributed by atoms with Gasteiger partial charge in [0, 0.05) is 39.1 Å². The summed E-state index contributed by atoms with van der Waals surface area (Å²) in [6, 6.07) is 57.8. The minimum Gasteiger partial charge on any atom is -0.422 e. The molecule has 0 saturated carbocycles. The number of hydrogen-bond donors (Lipinski definition) is 0. The highest BCUT2D eigenvalue weighted by molar-refractivity contribution is 6.10. The van der Waals surface area contributed by atoms with E-state index in [0.29, 0.717) is 11.0 Å². The topological polar surface area (TPSA) is 38.4 Å². The Kier molecular flexibility index (Phi) is 6.49. The number of nitrogens with zero attached hydrogens (tertiary/aromatic N) is 2. The molecule has 4 heteroatoms. The Hall–Kier alpha value is -6.91. The van der Waals surface area contributed by atoms with Crippen LogP contribution >= 0.6 is 0 Å². The summed E-state index contributed by atoms with van der Waals surface area (Å²) in [6.07, 6.45) is 6.92. The summed E-state index contributed by atoms with van der Waals surface area (Å²) >= 11 is 0. The number of hydrogen-bond acceptors (Lipinski definition) is 3. The van der Waals surface area contributed by atoms with E-state index >= 15 is 0 Å². The predicted molar refractivity (Wildman–Crippen MR) is 218 cm³/mol. The van der Waals surface area contributed by atoms with Crippen molar-refractivity contribution in [2.75, 3.05) is 4.90 Å². The Labute approximate surface area is 305 Å². The van der Waals surface area contributed by atoms with Gasteiger partial charge in [-0.05, 0) is 93.9 Å². The molecule has 250 valence electrons. The van der Waals surface area contributed by atoms with Crippen LogP contribution in [0.1, 0.15) is 17.0 Å². The normalized spacial score (nSPS) is 16.4. The average molecular weight is 681 g/mol. The van der Waals surface area contributed by atoms with E-state index in [2.05, 4.69) is 161 Å². The number of rotatable bonds is 4. The average Bonchev–Trinajstić information content (AvgIpc) is 3.73.